The van der Waals surface area contributed by atoms with Crippen LogP contribution in [-0.2, 0) is 13.1 Å². The van der Waals surface area contributed by atoms with Gasteiger partial charge in [0.15, 0.2) is 5.82 Å². The summed E-state index contributed by atoms with van der Waals surface area (Å²) in [6, 6.07) is 11.0. The summed E-state index contributed by atoms with van der Waals surface area (Å²) < 4.78 is 18.6. The molecule has 0 bridgehead atoms. The van der Waals surface area contributed by atoms with Crippen molar-refractivity contribution in [3.8, 4) is 11.5 Å². The quantitative estimate of drug-likeness (QED) is 0.467. The molecule has 1 aliphatic carbocycles. The van der Waals surface area contributed by atoms with Crippen LogP contribution in [0.4, 0.5) is 10.1 Å². The molecule has 2 aliphatic heterocycles. The van der Waals surface area contributed by atoms with E-state index in [1.54, 1.807) is 6.07 Å². The fraction of sp³-hybridized carbons (Fsp3) is 0.407. The van der Waals surface area contributed by atoms with Crippen molar-refractivity contribution in [1.82, 2.24) is 19.0 Å². The number of aromatic nitrogens is 3. The molecule has 0 unspecified atom stereocenters. The number of amides is 1. The molecule has 35 heavy (non-hydrogen) atoms. The van der Waals surface area contributed by atoms with Crippen LogP contribution in [-0.4, -0.2) is 50.6 Å². The zero-order chi connectivity index (χ0) is 23.7. The van der Waals surface area contributed by atoms with E-state index in [-0.39, 0.29) is 17.8 Å². The molecule has 8 heteroatoms. The second-order valence-corrected chi connectivity index (χ2v) is 10.3. The maximum atomic E-state index is 14.0. The monoisotopic (exact) mass is 472 g/mol. The van der Waals surface area contributed by atoms with Gasteiger partial charge in [-0.25, -0.2) is 9.37 Å². The van der Waals surface area contributed by atoms with Crippen LogP contribution in [0.2, 0.25) is 0 Å². The maximum absolute atomic E-state index is 14.0. The number of hydrogen-bond acceptors (Lipinski definition) is 4. The van der Waals surface area contributed by atoms with E-state index in [2.05, 4.69) is 20.5 Å². The van der Waals surface area contributed by atoms with E-state index in [1.807, 2.05) is 23.1 Å². The van der Waals surface area contributed by atoms with Gasteiger partial charge in [-0.1, -0.05) is 0 Å². The number of hydrogen-bond donors (Lipinski definition) is 2. The highest BCUT2D eigenvalue weighted by Gasteiger charge is 2.29. The van der Waals surface area contributed by atoms with Crippen LogP contribution in [0.1, 0.15) is 36.0 Å². The van der Waals surface area contributed by atoms with Crippen LogP contribution in [0.5, 0.6) is 0 Å². The second-order valence-electron chi connectivity index (χ2n) is 10.3. The summed E-state index contributed by atoms with van der Waals surface area (Å²) in [6.45, 7) is 3.79. The van der Waals surface area contributed by atoms with Crippen molar-refractivity contribution in [3.05, 3.63) is 47.8 Å². The van der Waals surface area contributed by atoms with Crippen LogP contribution in [0.25, 0.3) is 33.5 Å². The minimum absolute atomic E-state index is 0.0140. The zero-order valence-corrected chi connectivity index (χ0v) is 19.6. The summed E-state index contributed by atoms with van der Waals surface area (Å²) in [6.07, 6.45) is 4.36. The summed E-state index contributed by atoms with van der Waals surface area (Å²) in [5, 5.41) is 4.37. The van der Waals surface area contributed by atoms with Gasteiger partial charge in [-0.3, -0.25) is 4.79 Å². The lowest BCUT2D eigenvalue weighted by atomic mass is 10.0. The van der Waals surface area contributed by atoms with Crippen LogP contribution in [0.15, 0.2) is 36.4 Å². The van der Waals surface area contributed by atoms with E-state index in [0.29, 0.717) is 18.0 Å². The molecule has 3 aliphatic rings. The molecular weight excluding hydrogens is 443 g/mol. The lowest BCUT2D eigenvalue weighted by molar-refractivity contribution is 0.0709. The maximum Gasteiger partial charge on any atom is 0.254 e. The minimum Gasteiger partial charge on any atom is -0.381 e. The largest absolute Gasteiger partial charge is 0.381 e. The van der Waals surface area contributed by atoms with Crippen molar-refractivity contribution in [1.29, 1.82) is 0 Å². The number of benzene rings is 2. The van der Waals surface area contributed by atoms with Gasteiger partial charge in [0.2, 0.25) is 0 Å². The summed E-state index contributed by atoms with van der Waals surface area (Å²) in [5.41, 5.74) is 11.6. The number of nitrogens with zero attached hydrogens (tertiary/aromatic N) is 4. The number of anilines is 1. The number of nitrogens with two attached hydrogens (primary N) is 1. The Morgan fingerprint density at radius 2 is 2.03 bits per heavy atom. The van der Waals surface area contributed by atoms with Gasteiger partial charge in [0.05, 0.1) is 22.4 Å². The lowest BCUT2D eigenvalue weighted by Gasteiger charge is -2.31. The fourth-order valence-electron chi connectivity index (χ4n) is 5.80. The van der Waals surface area contributed by atoms with Crippen molar-refractivity contribution in [2.45, 2.75) is 44.8 Å². The molecule has 2 aromatic heterocycles. The first-order chi connectivity index (χ1) is 17.0. The van der Waals surface area contributed by atoms with Gasteiger partial charge in [0.1, 0.15) is 5.82 Å². The molecule has 7 nitrogen and oxygen atoms in total. The standard InChI is InChI=1S/C27H29FN6O/c28-19-5-6-23-17(10-19)13-24(34(23)14-16-3-4-16)26-31-22-12-18(11-21-25(22)33(26)9-7-30-21)27(35)32-8-1-2-20(29)15-32/h5-6,10-13,16,20,30H,1-4,7-9,14-15,29H2/t20-/m1/s1. The molecule has 4 aromatic rings. The van der Waals surface area contributed by atoms with E-state index < -0.39 is 0 Å². The number of halogens is 1. The molecule has 0 spiro atoms. The third-order valence-electron chi connectivity index (χ3n) is 7.71. The van der Waals surface area contributed by atoms with Crippen molar-refractivity contribution < 1.29 is 9.18 Å². The highest BCUT2D eigenvalue weighted by molar-refractivity contribution is 6.03. The SMILES string of the molecule is N[C@@H]1CCCN(C(=O)c2cc3c4c(c2)nc(-c2cc5cc(F)ccc5n2CC2CC2)n4CCN3)C1. The number of rotatable bonds is 4. The van der Waals surface area contributed by atoms with Gasteiger partial charge in [0, 0.05) is 55.2 Å². The molecule has 4 heterocycles. The molecule has 1 saturated heterocycles. The number of fused-ring (bicyclic) bond motifs is 1. The van der Waals surface area contributed by atoms with Gasteiger partial charge < -0.3 is 25.1 Å². The van der Waals surface area contributed by atoms with Crippen molar-refractivity contribution >= 4 is 33.5 Å². The van der Waals surface area contributed by atoms with Crippen molar-refractivity contribution in [3.63, 3.8) is 0 Å². The molecule has 7 rings (SSSR count). The summed E-state index contributed by atoms with van der Waals surface area (Å²) in [4.78, 5) is 20.3. The Balaban J connectivity index is 1.37. The molecule has 180 valence electrons. The van der Waals surface area contributed by atoms with Crippen LogP contribution in [0, 0.1) is 11.7 Å². The van der Waals surface area contributed by atoms with Crippen LogP contribution < -0.4 is 11.1 Å². The number of imidazole rings is 1. The predicted molar refractivity (Wildman–Crippen MR) is 135 cm³/mol. The Morgan fingerprint density at radius 1 is 1.14 bits per heavy atom. The topological polar surface area (TPSA) is 81.1 Å². The van der Waals surface area contributed by atoms with E-state index in [9.17, 15) is 9.18 Å². The predicted octanol–water partition coefficient (Wildman–Crippen LogP) is 4.20. The first-order valence-electron chi connectivity index (χ1n) is 12.7. The number of likely N-dealkylation sites (tertiary alicyclic amines) is 1. The molecular formula is C27H29FN6O. The van der Waals surface area contributed by atoms with Crippen molar-refractivity contribution in [2.24, 2.45) is 11.7 Å². The smallest absolute Gasteiger partial charge is 0.254 e. The third kappa shape index (κ3) is 3.50. The van der Waals surface area contributed by atoms with E-state index in [4.69, 9.17) is 10.7 Å². The average Bonchev–Trinajstić information content (AvgIpc) is 3.51. The molecule has 0 radical (unpaired) electrons. The number of carbonyl (C=O) groups excluding carboxylic acids is 1. The van der Waals surface area contributed by atoms with Crippen LogP contribution in [0.3, 0.4) is 0 Å². The first-order valence-corrected chi connectivity index (χ1v) is 12.7. The first kappa shape index (κ1) is 20.9. The minimum atomic E-state index is -0.227. The molecule has 2 aromatic carbocycles. The van der Waals surface area contributed by atoms with E-state index >= 15 is 0 Å². The second kappa shape index (κ2) is 7.81. The molecule has 1 saturated carbocycles. The Hall–Kier alpha value is -3.39. The lowest BCUT2D eigenvalue weighted by Crippen LogP contribution is -2.45. The van der Waals surface area contributed by atoms with Gasteiger partial charge in [0.25, 0.3) is 5.91 Å². The Labute approximate surface area is 202 Å². The highest BCUT2D eigenvalue weighted by atomic mass is 19.1. The third-order valence-corrected chi connectivity index (χ3v) is 7.71. The average molecular weight is 473 g/mol. The van der Waals surface area contributed by atoms with Crippen LogP contribution >= 0.6 is 0 Å². The normalized spacial score (nSPS) is 19.9. The van der Waals surface area contributed by atoms with E-state index in [0.717, 1.165) is 78.2 Å². The summed E-state index contributed by atoms with van der Waals surface area (Å²) in [7, 11) is 0. The van der Waals surface area contributed by atoms with Crippen molar-refractivity contribution in [2.75, 3.05) is 25.0 Å². The van der Waals surface area contributed by atoms with Gasteiger partial charge >= 0.3 is 0 Å². The summed E-state index contributed by atoms with van der Waals surface area (Å²) in [5.74, 6) is 1.33. The number of carbonyl (C=O) groups is 1. The Kier molecular flexibility index (Phi) is 4.67. The highest BCUT2D eigenvalue weighted by Crippen LogP contribution is 2.38. The Bertz CT molecular complexity index is 1480. The van der Waals surface area contributed by atoms with E-state index in [1.165, 1.54) is 18.9 Å². The van der Waals surface area contributed by atoms with Gasteiger partial charge in [-0.2, -0.15) is 0 Å². The zero-order valence-electron chi connectivity index (χ0n) is 19.6. The summed E-state index contributed by atoms with van der Waals surface area (Å²) >= 11 is 0. The Morgan fingerprint density at radius 3 is 2.86 bits per heavy atom. The van der Waals surface area contributed by atoms with Gasteiger partial charge in [-0.05, 0) is 68.0 Å². The number of nitrogens with one attached hydrogen (secondary N) is 1. The molecule has 2 fully saturated rings. The number of piperidine rings is 1. The van der Waals surface area contributed by atoms with Gasteiger partial charge in [-0.15, -0.1) is 0 Å². The molecule has 1 amide bonds. The fourth-order valence-corrected chi connectivity index (χ4v) is 5.80. The molecule has 3 N–H and O–H groups in total. The molecule has 1 atom stereocenters.